The van der Waals surface area contributed by atoms with Crippen LogP contribution in [0.3, 0.4) is 0 Å². The third-order valence-electron chi connectivity index (χ3n) is 5.69. The fourth-order valence-electron chi connectivity index (χ4n) is 4.07. The number of nitrogens with one attached hydrogen (secondary N) is 2. The second-order valence-electron chi connectivity index (χ2n) is 7.79. The van der Waals surface area contributed by atoms with Gasteiger partial charge in [0.15, 0.2) is 0 Å². The number of fused-ring (bicyclic) bond motifs is 1. The summed E-state index contributed by atoms with van der Waals surface area (Å²) in [4.78, 5) is 14.1. The third-order valence-corrected chi connectivity index (χ3v) is 5.69. The maximum atomic E-state index is 5.02. The zero-order valence-electron chi connectivity index (χ0n) is 17.0. The van der Waals surface area contributed by atoms with E-state index in [1.54, 1.807) is 0 Å². The van der Waals surface area contributed by atoms with Crippen LogP contribution in [0.1, 0.15) is 30.5 Å². The van der Waals surface area contributed by atoms with Crippen LogP contribution in [0.25, 0.3) is 5.57 Å². The van der Waals surface area contributed by atoms with E-state index >= 15 is 0 Å². The van der Waals surface area contributed by atoms with Gasteiger partial charge >= 0.3 is 0 Å². The molecule has 3 atom stereocenters. The highest BCUT2D eigenvalue weighted by molar-refractivity contribution is 6.44. The van der Waals surface area contributed by atoms with Crippen molar-refractivity contribution in [1.82, 2.24) is 5.32 Å². The minimum Gasteiger partial charge on any atom is -0.379 e. The number of nitrogens with zero attached hydrogens (tertiary/aromatic N) is 3. The number of benzene rings is 2. The molecule has 0 saturated carbocycles. The molecule has 3 heterocycles. The summed E-state index contributed by atoms with van der Waals surface area (Å²) in [6.45, 7) is 3.04. The second kappa shape index (κ2) is 8.11. The fourth-order valence-corrected chi connectivity index (χ4v) is 4.07. The number of allylic oxidation sites excluding steroid dienone is 1. The van der Waals surface area contributed by atoms with E-state index in [1.807, 2.05) is 18.5 Å². The van der Waals surface area contributed by atoms with Crippen molar-refractivity contribution in [3.8, 4) is 0 Å². The smallest absolute Gasteiger partial charge is 0.145 e. The number of aliphatic imine (C=N–C) groups is 3. The molecule has 5 rings (SSSR count). The minimum absolute atomic E-state index is 0.0250. The van der Waals surface area contributed by atoms with Gasteiger partial charge in [0.25, 0.3) is 0 Å². The fraction of sp³-hybridized carbons (Fsp3) is 0.240. The van der Waals surface area contributed by atoms with Crippen molar-refractivity contribution >= 4 is 29.4 Å². The molecule has 2 unspecified atom stereocenters. The molecule has 0 aromatic heterocycles. The first-order valence-electron chi connectivity index (χ1n) is 10.5. The maximum Gasteiger partial charge on any atom is 0.145 e. The number of hydrogen-bond acceptors (Lipinski definition) is 5. The van der Waals surface area contributed by atoms with Crippen LogP contribution in [0.15, 0.2) is 87.4 Å². The summed E-state index contributed by atoms with van der Waals surface area (Å²) >= 11 is 0. The summed E-state index contributed by atoms with van der Waals surface area (Å²) in [5.41, 5.74) is 6.68. The maximum absolute atomic E-state index is 5.02. The molecule has 0 bridgehead atoms. The molecule has 5 heteroatoms. The Kier molecular flexibility index (Phi) is 5.01. The molecule has 0 spiro atoms. The normalized spacial score (nSPS) is 23.0. The average Bonchev–Trinajstić information content (AvgIpc) is 3.24. The van der Waals surface area contributed by atoms with Crippen LogP contribution in [0, 0.1) is 0 Å². The van der Waals surface area contributed by atoms with Crippen LogP contribution in [0.2, 0.25) is 0 Å². The molecule has 2 N–H and O–H groups in total. The third kappa shape index (κ3) is 3.71. The van der Waals surface area contributed by atoms with Crippen molar-refractivity contribution in [1.29, 1.82) is 0 Å². The van der Waals surface area contributed by atoms with Crippen LogP contribution in [0.4, 0.5) is 5.69 Å². The minimum atomic E-state index is -0.0373. The first kappa shape index (κ1) is 18.6. The largest absolute Gasteiger partial charge is 0.379 e. The number of anilines is 1. The van der Waals surface area contributed by atoms with Gasteiger partial charge in [-0.05, 0) is 36.6 Å². The van der Waals surface area contributed by atoms with E-state index in [0.717, 1.165) is 35.5 Å². The molecule has 3 aliphatic rings. The van der Waals surface area contributed by atoms with Crippen LogP contribution < -0.4 is 10.6 Å². The summed E-state index contributed by atoms with van der Waals surface area (Å²) in [6.07, 6.45) is 8.96. The molecule has 150 valence electrons. The topological polar surface area (TPSA) is 61.1 Å². The zero-order valence-corrected chi connectivity index (χ0v) is 17.0. The van der Waals surface area contributed by atoms with Gasteiger partial charge in [-0.3, -0.25) is 15.0 Å². The van der Waals surface area contributed by atoms with Gasteiger partial charge in [-0.1, -0.05) is 48.5 Å². The Bertz CT molecular complexity index is 1080. The molecular weight excluding hydrogens is 370 g/mol. The van der Waals surface area contributed by atoms with E-state index in [2.05, 4.69) is 83.4 Å². The summed E-state index contributed by atoms with van der Waals surface area (Å²) in [6, 6.07) is 19.2. The molecule has 0 amide bonds. The molecule has 0 radical (unpaired) electrons. The van der Waals surface area contributed by atoms with Gasteiger partial charge in [0.2, 0.25) is 0 Å². The van der Waals surface area contributed by atoms with Crippen LogP contribution in [-0.2, 0) is 0 Å². The van der Waals surface area contributed by atoms with E-state index in [-0.39, 0.29) is 18.2 Å². The van der Waals surface area contributed by atoms with Gasteiger partial charge in [-0.25, -0.2) is 0 Å². The highest BCUT2D eigenvalue weighted by Crippen LogP contribution is 2.32. The van der Waals surface area contributed by atoms with E-state index in [0.29, 0.717) is 0 Å². The van der Waals surface area contributed by atoms with Crippen molar-refractivity contribution in [3.63, 3.8) is 0 Å². The van der Waals surface area contributed by atoms with Crippen molar-refractivity contribution in [3.05, 3.63) is 83.6 Å². The molecule has 0 aliphatic carbocycles. The van der Waals surface area contributed by atoms with Crippen molar-refractivity contribution in [2.75, 3.05) is 11.9 Å². The van der Waals surface area contributed by atoms with Gasteiger partial charge in [0.1, 0.15) is 12.2 Å². The average molecular weight is 396 g/mol. The standard InChI is InChI=1S/C25H25N5/c1-17(18-7-3-2-4-8-18)29-21-11-5-9-19(13-21)22-15-27-25-24(22)30-23(16-28-25)20-10-6-12-26-14-20/h2-5,7-11,13-17,24-25,27,29H,6,12H2,1H3/t17-,24?,25?/m0/s1. The predicted molar refractivity (Wildman–Crippen MR) is 126 cm³/mol. The molecule has 2 aromatic carbocycles. The summed E-state index contributed by atoms with van der Waals surface area (Å²) in [5, 5.41) is 6.99. The SMILES string of the molecule is C[C@H](Nc1cccc(C2=CNC3N=CC(C4=CCCN=C4)=NC23)c1)c1ccccc1. The van der Waals surface area contributed by atoms with Crippen molar-refractivity contribution in [2.24, 2.45) is 15.0 Å². The Hall–Kier alpha value is -3.47. The number of hydrogen-bond donors (Lipinski definition) is 2. The Balaban J connectivity index is 1.37. The van der Waals surface area contributed by atoms with Gasteiger partial charge in [-0.15, -0.1) is 0 Å². The Morgan fingerprint density at radius 1 is 1.07 bits per heavy atom. The van der Waals surface area contributed by atoms with Gasteiger partial charge < -0.3 is 10.6 Å². The predicted octanol–water partition coefficient (Wildman–Crippen LogP) is 4.42. The Labute approximate surface area is 177 Å². The first-order valence-corrected chi connectivity index (χ1v) is 10.5. The zero-order chi connectivity index (χ0) is 20.3. The van der Waals surface area contributed by atoms with Gasteiger partial charge in [0.05, 0.1) is 5.71 Å². The Morgan fingerprint density at radius 2 is 1.97 bits per heavy atom. The van der Waals surface area contributed by atoms with Gasteiger partial charge in [0, 0.05) is 48.0 Å². The summed E-state index contributed by atoms with van der Waals surface area (Å²) in [7, 11) is 0. The lowest BCUT2D eigenvalue weighted by atomic mass is 9.97. The molecule has 0 fully saturated rings. The van der Waals surface area contributed by atoms with E-state index in [1.165, 1.54) is 11.1 Å². The lowest BCUT2D eigenvalue weighted by Gasteiger charge is -2.22. The summed E-state index contributed by atoms with van der Waals surface area (Å²) in [5.74, 6) is 0. The van der Waals surface area contributed by atoms with Gasteiger partial charge in [-0.2, -0.15) is 0 Å². The summed E-state index contributed by atoms with van der Waals surface area (Å²) < 4.78 is 0. The number of dihydropyridines is 1. The van der Waals surface area contributed by atoms with Crippen LogP contribution in [0.5, 0.6) is 0 Å². The quantitative estimate of drug-likeness (QED) is 0.787. The Morgan fingerprint density at radius 3 is 2.80 bits per heavy atom. The lowest BCUT2D eigenvalue weighted by molar-refractivity contribution is 0.595. The highest BCUT2D eigenvalue weighted by Gasteiger charge is 2.32. The molecule has 5 nitrogen and oxygen atoms in total. The molecule has 3 aliphatic heterocycles. The molecule has 30 heavy (non-hydrogen) atoms. The molecule has 0 saturated heterocycles. The second-order valence-corrected chi connectivity index (χ2v) is 7.79. The van der Waals surface area contributed by atoms with Crippen molar-refractivity contribution < 1.29 is 0 Å². The number of rotatable bonds is 5. The van der Waals surface area contributed by atoms with E-state index in [9.17, 15) is 0 Å². The highest BCUT2D eigenvalue weighted by atomic mass is 15.2. The van der Waals surface area contributed by atoms with Crippen LogP contribution in [-0.4, -0.2) is 36.9 Å². The first-order chi connectivity index (χ1) is 14.8. The van der Waals surface area contributed by atoms with E-state index < -0.39 is 0 Å². The molecular formula is C25H25N5. The van der Waals surface area contributed by atoms with Crippen LogP contribution >= 0.6 is 0 Å². The molecule has 2 aromatic rings. The van der Waals surface area contributed by atoms with E-state index in [4.69, 9.17) is 9.98 Å². The lowest BCUT2D eigenvalue weighted by Crippen LogP contribution is -2.33. The van der Waals surface area contributed by atoms with Crippen molar-refractivity contribution in [2.45, 2.75) is 31.6 Å². The monoisotopic (exact) mass is 395 g/mol.